The number of rotatable bonds is 15. The summed E-state index contributed by atoms with van der Waals surface area (Å²) in [5.41, 5.74) is 1.86. The van der Waals surface area contributed by atoms with Crippen LogP contribution in [0.4, 0.5) is 5.69 Å². The van der Waals surface area contributed by atoms with Gasteiger partial charge in [-0.1, -0.05) is 54.6 Å². The molecule has 0 aliphatic carbocycles. The smallest absolute Gasteiger partial charge is 0.311 e. The molecule has 0 spiro atoms. The largest absolute Gasteiger partial charge is 0.497 e. The van der Waals surface area contributed by atoms with Gasteiger partial charge in [0.05, 0.1) is 32.0 Å². The van der Waals surface area contributed by atoms with E-state index in [9.17, 15) is 19.7 Å². The number of esters is 1. The van der Waals surface area contributed by atoms with Gasteiger partial charge in [-0.3, -0.25) is 19.7 Å². The number of ether oxygens (including phenoxy) is 4. The van der Waals surface area contributed by atoms with E-state index >= 15 is 0 Å². The number of hydrogen-bond acceptors (Lipinski definition) is 8. The minimum absolute atomic E-state index is 0.144. The predicted octanol–water partition coefficient (Wildman–Crippen LogP) is 6.32. The number of benzene rings is 4. The van der Waals surface area contributed by atoms with Gasteiger partial charge < -0.3 is 24.1 Å². The molecule has 0 radical (unpaired) electrons. The van der Waals surface area contributed by atoms with Crippen molar-refractivity contribution in [2.45, 2.75) is 31.3 Å². The van der Waals surface area contributed by atoms with E-state index in [1.165, 1.54) is 18.2 Å². The Morgan fingerprint density at radius 2 is 1.36 bits per heavy atom. The molecule has 0 amide bonds. The van der Waals surface area contributed by atoms with E-state index in [-0.39, 0.29) is 30.9 Å². The number of carbonyl (C=O) groups is 2. The Bertz CT molecular complexity index is 1520. The molecule has 10 nitrogen and oxygen atoms in total. The predicted molar refractivity (Wildman–Crippen MR) is 162 cm³/mol. The number of non-ortho nitro benzene ring substituents is 1. The summed E-state index contributed by atoms with van der Waals surface area (Å²) in [5, 5.41) is 20.4. The fraction of sp³-hybridized carbons (Fsp3) is 0.235. The molecule has 0 fully saturated rings. The molecule has 0 bridgehead atoms. The normalized spacial score (nSPS) is 11.0. The van der Waals surface area contributed by atoms with Gasteiger partial charge in [0.1, 0.15) is 22.8 Å². The number of nitro benzene ring substituents is 1. The highest BCUT2D eigenvalue weighted by molar-refractivity contribution is 5.78. The number of nitrogens with zero attached hydrogens (tertiary/aromatic N) is 1. The van der Waals surface area contributed by atoms with Crippen molar-refractivity contribution < 1.29 is 38.6 Å². The second kappa shape index (κ2) is 14.8. The van der Waals surface area contributed by atoms with Crippen LogP contribution in [0.2, 0.25) is 0 Å². The van der Waals surface area contributed by atoms with Crippen molar-refractivity contribution in [1.82, 2.24) is 0 Å². The lowest BCUT2D eigenvalue weighted by Gasteiger charge is -2.36. The third kappa shape index (κ3) is 7.59. The Balaban J connectivity index is 1.66. The van der Waals surface area contributed by atoms with E-state index in [0.29, 0.717) is 29.9 Å². The van der Waals surface area contributed by atoms with Gasteiger partial charge in [0, 0.05) is 24.3 Å². The molecule has 44 heavy (non-hydrogen) atoms. The summed E-state index contributed by atoms with van der Waals surface area (Å²) in [6.45, 7) is 0.224. The van der Waals surface area contributed by atoms with Crippen molar-refractivity contribution in [3.05, 3.63) is 129 Å². The maximum atomic E-state index is 12.2. The maximum Gasteiger partial charge on any atom is 0.311 e. The van der Waals surface area contributed by atoms with E-state index < -0.39 is 22.5 Å². The first kappa shape index (κ1) is 31.7. The summed E-state index contributed by atoms with van der Waals surface area (Å²) < 4.78 is 23.0. The molecular weight excluding hydrogens is 566 g/mol. The van der Waals surface area contributed by atoms with Crippen LogP contribution in [0.3, 0.4) is 0 Å². The van der Waals surface area contributed by atoms with Crippen LogP contribution in [0.5, 0.6) is 17.2 Å². The van der Waals surface area contributed by atoms with Gasteiger partial charge in [0.2, 0.25) is 0 Å². The summed E-state index contributed by atoms with van der Waals surface area (Å²) in [5.74, 6) is -0.326. The van der Waals surface area contributed by atoms with E-state index in [0.717, 1.165) is 16.7 Å². The Kier molecular flexibility index (Phi) is 10.7. The minimum atomic E-state index is -1.13. The van der Waals surface area contributed by atoms with Gasteiger partial charge in [0.15, 0.2) is 0 Å². The highest BCUT2D eigenvalue weighted by atomic mass is 16.6. The van der Waals surface area contributed by atoms with Crippen molar-refractivity contribution in [2.75, 3.05) is 20.8 Å². The molecule has 0 saturated heterocycles. The van der Waals surface area contributed by atoms with Crippen molar-refractivity contribution >= 4 is 17.6 Å². The average Bonchev–Trinajstić information content (AvgIpc) is 3.05. The SMILES string of the molecule is COc1ccc(C(OCCCc2cc([N+](=O)[O-])ccc2OC(=O)CCC(=O)O)(c2ccccc2)c2ccc(OC)cc2)cc1. The van der Waals surface area contributed by atoms with Gasteiger partial charge in [-0.15, -0.1) is 0 Å². The fourth-order valence-corrected chi connectivity index (χ4v) is 4.92. The van der Waals surface area contributed by atoms with Crippen LogP contribution in [-0.4, -0.2) is 42.8 Å². The number of carbonyl (C=O) groups excluding carboxylic acids is 1. The number of nitro groups is 1. The number of carboxylic acid groups (broad SMARTS) is 1. The van der Waals surface area contributed by atoms with E-state index in [2.05, 4.69) is 0 Å². The molecular formula is C34H33NO9. The second-order valence-electron chi connectivity index (χ2n) is 9.87. The first-order valence-corrected chi connectivity index (χ1v) is 13.9. The Hall–Kier alpha value is -5.22. The van der Waals surface area contributed by atoms with Crippen molar-refractivity contribution in [2.24, 2.45) is 0 Å². The summed E-state index contributed by atoms with van der Waals surface area (Å²) in [6.07, 6.45) is 0.00647. The van der Waals surface area contributed by atoms with Crippen molar-refractivity contribution in [1.29, 1.82) is 0 Å². The molecule has 0 unspecified atom stereocenters. The number of methoxy groups -OCH3 is 2. The molecule has 0 aliphatic heterocycles. The molecule has 0 aliphatic rings. The van der Waals surface area contributed by atoms with Crippen LogP contribution < -0.4 is 14.2 Å². The lowest BCUT2D eigenvalue weighted by atomic mass is 9.80. The molecule has 10 heteroatoms. The molecule has 0 heterocycles. The zero-order valence-electron chi connectivity index (χ0n) is 24.4. The summed E-state index contributed by atoms with van der Waals surface area (Å²) in [7, 11) is 3.20. The zero-order valence-corrected chi connectivity index (χ0v) is 24.4. The van der Waals surface area contributed by atoms with E-state index in [1.54, 1.807) is 14.2 Å². The highest BCUT2D eigenvalue weighted by Gasteiger charge is 2.37. The quantitative estimate of drug-likeness (QED) is 0.0416. The van der Waals surface area contributed by atoms with Gasteiger partial charge >= 0.3 is 11.9 Å². The van der Waals surface area contributed by atoms with Gasteiger partial charge in [-0.25, -0.2) is 0 Å². The molecule has 0 atom stereocenters. The monoisotopic (exact) mass is 599 g/mol. The molecule has 4 aromatic carbocycles. The molecule has 4 aromatic rings. The second-order valence-corrected chi connectivity index (χ2v) is 9.87. The molecule has 0 aromatic heterocycles. The van der Waals surface area contributed by atoms with Crippen molar-refractivity contribution in [3.8, 4) is 17.2 Å². The van der Waals surface area contributed by atoms with Crippen LogP contribution in [0, 0.1) is 10.1 Å². The first-order chi connectivity index (χ1) is 21.3. The van der Waals surface area contributed by atoms with E-state index in [4.69, 9.17) is 24.1 Å². The lowest BCUT2D eigenvalue weighted by molar-refractivity contribution is -0.384. The fourth-order valence-electron chi connectivity index (χ4n) is 4.92. The zero-order chi connectivity index (χ0) is 31.5. The standard InChI is InChI=1S/C34H33NO9/c1-41-29-15-10-26(11-16-29)34(25-8-4-3-5-9-25,27-12-17-30(42-2)18-13-27)43-22-6-7-24-23-28(35(39)40)14-19-31(24)44-33(38)21-20-32(36)37/h3-5,8-19,23H,6-7,20-22H2,1-2H3,(H,36,37). The number of aliphatic carboxylic acids is 1. The summed E-state index contributed by atoms with van der Waals surface area (Å²) >= 11 is 0. The van der Waals surface area contributed by atoms with Gasteiger partial charge in [-0.2, -0.15) is 0 Å². The Labute approximate surface area is 254 Å². The lowest BCUT2D eigenvalue weighted by Crippen LogP contribution is -2.33. The average molecular weight is 600 g/mol. The minimum Gasteiger partial charge on any atom is -0.497 e. The topological polar surface area (TPSA) is 134 Å². The number of aryl methyl sites for hydroxylation is 1. The summed E-state index contributed by atoms with van der Waals surface area (Å²) in [4.78, 5) is 34.1. The van der Waals surface area contributed by atoms with Gasteiger partial charge in [0.25, 0.3) is 5.69 Å². The molecule has 0 saturated carbocycles. The van der Waals surface area contributed by atoms with E-state index in [1.807, 2.05) is 78.9 Å². The molecule has 4 rings (SSSR count). The molecule has 1 N–H and O–H groups in total. The number of hydrogen-bond donors (Lipinski definition) is 1. The first-order valence-electron chi connectivity index (χ1n) is 13.9. The molecule has 228 valence electrons. The van der Waals surface area contributed by atoms with Crippen LogP contribution in [-0.2, 0) is 26.3 Å². The summed E-state index contributed by atoms with van der Waals surface area (Å²) in [6, 6.07) is 29.0. The van der Waals surface area contributed by atoms with Crippen LogP contribution in [0.15, 0.2) is 97.1 Å². The Morgan fingerprint density at radius 3 is 1.89 bits per heavy atom. The highest BCUT2D eigenvalue weighted by Crippen LogP contribution is 2.42. The van der Waals surface area contributed by atoms with Crippen LogP contribution in [0.25, 0.3) is 0 Å². The maximum absolute atomic E-state index is 12.2. The van der Waals surface area contributed by atoms with Gasteiger partial charge in [-0.05, 0) is 59.9 Å². The Morgan fingerprint density at radius 1 is 0.795 bits per heavy atom. The van der Waals surface area contributed by atoms with Crippen LogP contribution in [0.1, 0.15) is 41.5 Å². The number of carboxylic acids is 1. The van der Waals surface area contributed by atoms with Crippen molar-refractivity contribution in [3.63, 3.8) is 0 Å². The third-order valence-electron chi connectivity index (χ3n) is 7.10. The van der Waals surface area contributed by atoms with Crippen LogP contribution >= 0.6 is 0 Å². The third-order valence-corrected chi connectivity index (χ3v) is 7.10.